The Morgan fingerprint density at radius 1 is 0.909 bits per heavy atom. The number of allylic oxidation sites excluding steroid dienone is 1. The van der Waals surface area contributed by atoms with Crippen LogP contribution in [-0.4, -0.2) is 66.4 Å². The van der Waals surface area contributed by atoms with E-state index in [1.54, 1.807) is 52.7 Å². The summed E-state index contributed by atoms with van der Waals surface area (Å²) in [5.41, 5.74) is 3.11. The molecule has 0 unspecified atom stereocenters. The van der Waals surface area contributed by atoms with Crippen molar-refractivity contribution >= 4 is 17.4 Å². The smallest absolute Gasteiger partial charge is 0.189 e. The Morgan fingerprint density at radius 2 is 1.64 bits per heavy atom. The number of benzene rings is 2. The Labute approximate surface area is 195 Å². The Morgan fingerprint density at radius 3 is 2.21 bits per heavy atom. The van der Waals surface area contributed by atoms with Crippen molar-refractivity contribution in [3.63, 3.8) is 0 Å². The molecular formula is C26H31NO6. The van der Waals surface area contributed by atoms with E-state index in [0.29, 0.717) is 39.9 Å². The highest BCUT2D eigenvalue weighted by atomic mass is 16.5. The van der Waals surface area contributed by atoms with Gasteiger partial charge in [0.05, 0.1) is 52.2 Å². The second-order valence-electron chi connectivity index (χ2n) is 7.61. The molecular weight excluding hydrogens is 422 g/mol. The molecule has 0 spiro atoms. The van der Waals surface area contributed by atoms with E-state index in [-0.39, 0.29) is 5.78 Å². The van der Waals surface area contributed by atoms with Crippen LogP contribution in [0.4, 0.5) is 0 Å². The average Bonchev–Trinajstić information content (AvgIpc) is 2.86. The maximum Gasteiger partial charge on any atom is 0.189 e. The maximum atomic E-state index is 13.0. The zero-order chi connectivity index (χ0) is 24.0. The van der Waals surface area contributed by atoms with Gasteiger partial charge in [-0.25, -0.2) is 0 Å². The SMILES string of the molecule is COc1ccc(C(=O)/C=C/c2c(OC)cc(OC)c(C3=CCN(C)CC3)c2OC)c(OC)c1. The molecule has 0 saturated carbocycles. The average molecular weight is 454 g/mol. The van der Waals surface area contributed by atoms with Gasteiger partial charge in [0.1, 0.15) is 28.7 Å². The largest absolute Gasteiger partial charge is 0.497 e. The number of ketones is 1. The van der Waals surface area contributed by atoms with Gasteiger partial charge in [-0.2, -0.15) is 0 Å². The van der Waals surface area contributed by atoms with E-state index in [2.05, 4.69) is 18.0 Å². The van der Waals surface area contributed by atoms with Gasteiger partial charge in [0.15, 0.2) is 5.78 Å². The maximum absolute atomic E-state index is 13.0. The van der Waals surface area contributed by atoms with Crippen LogP contribution >= 0.6 is 0 Å². The first-order chi connectivity index (χ1) is 16.0. The molecule has 0 atom stereocenters. The minimum atomic E-state index is -0.213. The van der Waals surface area contributed by atoms with Crippen LogP contribution in [0.1, 0.15) is 27.9 Å². The molecule has 176 valence electrons. The van der Waals surface area contributed by atoms with E-state index in [1.165, 1.54) is 13.2 Å². The molecule has 7 heteroatoms. The minimum Gasteiger partial charge on any atom is -0.497 e. The van der Waals surface area contributed by atoms with Gasteiger partial charge in [0, 0.05) is 25.2 Å². The predicted molar refractivity (Wildman–Crippen MR) is 129 cm³/mol. The number of carbonyl (C=O) groups is 1. The lowest BCUT2D eigenvalue weighted by atomic mass is 9.94. The van der Waals surface area contributed by atoms with Crippen molar-refractivity contribution in [1.82, 2.24) is 4.90 Å². The monoisotopic (exact) mass is 453 g/mol. The topological polar surface area (TPSA) is 66.5 Å². The van der Waals surface area contributed by atoms with Crippen molar-refractivity contribution in [3.05, 3.63) is 53.1 Å². The highest BCUT2D eigenvalue weighted by Gasteiger charge is 2.24. The molecule has 2 aromatic rings. The Hall–Kier alpha value is -3.45. The van der Waals surface area contributed by atoms with Crippen molar-refractivity contribution in [2.24, 2.45) is 0 Å². The summed E-state index contributed by atoms with van der Waals surface area (Å²) in [4.78, 5) is 15.3. The Kier molecular flexibility index (Phi) is 8.01. The first-order valence-corrected chi connectivity index (χ1v) is 10.6. The van der Waals surface area contributed by atoms with Crippen LogP contribution in [0, 0.1) is 0 Å². The first kappa shape index (κ1) is 24.2. The van der Waals surface area contributed by atoms with E-state index in [0.717, 1.165) is 30.6 Å². The number of nitrogens with zero attached hydrogens (tertiary/aromatic N) is 1. The summed E-state index contributed by atoms with van der Waals surface area (Å²) >= 11 is 0. The number of hydrogen-bond donors (Lipinski definition) is 0. The lowest BCUT2D eigenvalue weighted by Crippen LogP contribution is -2.24. The second kappa shape index (κ2) is 10.9. The van der Waals surface area contributed by atoms with Crippen LogP contribution in [0.15, 0.2) is 36.4 Å². The third-order valence-corrected chi connectivity index (χ3v) is 5.70. The summed E-state index contributed by atoms with van der Waals surface area (Å²) < 4.78 is 27.7. The van der Waals surface area contributed by atoms with Crippen LogP contribution in [0.3, 0.4) is 0 Å². The summed E-state index contributed by atoms with van der Waals surface area (Å²) in [5, 5.41) is 0. The van der Waals surface area contributed by atoms with Crippen molar-refractivity contribution in [2.45, 2.75) is 6.42 Å². The molecule has 0 radical (unpaired) electrons. The van der Waals surface area contributed by atoms with Crippen LogP contribution in [0.2, 0.25) is 0 Å². The molecule has 0 bridgehead atoms. The number of hydrogen-bond acceptors (Lipinski definition) is 7. The molecule has 0 saturated heterocycles. The zero-order valence-corrected chi connectivity index (χ0v) is 20.1. The number of carbonyl (C=O) groups excluding carboxylic acids is 1. The molecule has 3 rings (SSSR count). The molecule has 33 heavy (non-hydrogen) atoms. The minimum absolute atomic E-state index is 0.213. The second-order valence-corrected chi connectivity index (χ2v) is 7.61. The highest BCUT2D eigenvalue weighted by Crippen LogP contribution is 2.45. The van der Waals surface area contributed by atoms with Crippen molar-refractivity contribution in [1.29, 1.82) is 0 Å². The van der Waals surface area contributed by atoms with Gasteiger partial charge < -0.3 is 28.6 Å². The van der Waals surface area contributed by atoms with Gasteiger partial charge in [-0.3, -0.25) is 4.79 Å². The molecule has 1 aliphatic heterocycles. The number of rotatable bonds is 9. The van der Waals surface area contributed by atoms with E-state index in [9.17, 15) is 4.79 Å². The fourth-order valence-corrected chi connectivity index (χ4v) is 3.88. The molecule has 0 N–H and O–H groups in total. The standard InChI is InChI=1S/C26H31NO6/c1-27-13-11-17(12-14-27)25-24(32-5)16-23(31-4)20(26(25)33-6)9-10-21(28)19-8-7-18(29-2)15-22(19)30-3/h7-11,15-16H,12-14H2,1-6H3/b10-9+. The predicted octanol–water partition coefficient (Wildman–Crippen LogP) is 4.34. The lowest BCUT2D eigenvalue weighted by molar-refractivity contribution is 0.104. The van der Waals surface area contributed by atoms with Crippen LogP contribution < -0.4 is 23.7 Å². The van der Waals surface area contributed by atoms with E-state index >= 15 is 0 Å². The Balaban J connectivity index is 2.08. The zero-order valence-electron chi connectivity index (χ0n) is 20.1. The molecule has 0 amide bonds. The summed E-state index contributed by atoms with van der Waals surface area (Å²) in [6.07, 6.45) is 6.24. The summed E-state index contributed by atoms with van der Waals surface area (Å²) in [7, 11) is 9.99. The van der Waals surface area contributed by atoms with Crippen molar-refractivity contribution in [3.8, 4) is 28.7 Å². The third-order valence-electron chi connectivity index (χ3n) is 5.70. The lowest BCUT2D eigenvalue weighted by Gasteiger charge is -2.25. The van der Waals surface area contributed by atoms with Gasteiger partial charge >= 0.3 is 0 Å². The summed E-state index contributed by atoms with van der Waals surface area (Å²) in [6.45, 7) is 1.78. The van der Waals surface area contributed by atoms with Gasteiger partial charge in [-0.1, -0.05) is 6.08 Å². The van der Waals surface area contributed by atoms with E-state index < -0.39 is 0 Å². The summed E-state index contributed by atoms with van der Waals surface area (Å²) in [6, 6.07) is 6.92. The molecule has 7 nitrogen and oxygen atoms in total. The molecule has 0 fully saturated rings. The summed E-state index contributed by atoms with van der Waals surface area (Å²) in [5.74, 6) is 2.66. The molecule has 2 aromatic carbocycles. The van der Waals surface area contributed by atoms with Crippen molar-refractivity contribution < 1.29 is 28.5 Å². The van der Waals surface area contributed by atoms with Crippen molar-refractivity contribution in [2.75, 3.05) is 55.7 Å². The Bertz CT molecular complexity index is 1070. The highest BCUT2D eigenvalue weighted by molar-refractivity contribution is 6.09. The fraction of sp³-hybridized carbons (Fsp3) is 0.346. The normalized spacial score (nSPS) is 14.1. The van der Waals surface area contributed by atoms with Crippen LogP contribution in [0.5, 0.6) is 28.7 Å². The molecule has 1 aliphatic rings. The van der Waals surface area contributed by atoms with Gasteiger partial charge in [-0.05, 0) is 43.3 Å². The number of methoxy groups -OCH3 is 5. The van der Waals surface area contributed by atoms with E-state index in [4.69, 9.17) is 23.7 Å². The van der Waals surface area contributed by atoms with E-state index in [1.807, 2.05) is 6.07 Å². The van der Waals surface area contributed by atoms with Gasteiger partial charge in [-0.15, -0.1) is 0 Å². The molecule has 0 aromatic heterocycles. The van der Waals surface area contributed by atoms with Gasteiger partial charge in [0.2, 0.25) is 0 Å². The third kappa shape index (κ3) is 5.14. The van der Waals surface area contributed by atoms with Crippen LogP contribution in [0.25, 0.3) is 11.6 Å². The van der Waals surface area contributed by atoms with Gasteiger partial charge in [0.25, 0.3) is 0 Å². The molecule has 0 aliphatic carbocycles. The van der Waals surface area contributed by atoms with Crippen LogP contribution in [-0.2, 0) is 0 Å². The fourth-order valence-electron chi connectivity index (χ4n) is 3.88. The number of ether oxygens (including phenoxy) is 5. The number of likely N-dealkylation sites (N-methyl/N-ethyl adjacent to an activating group) is 1. The quantitative estimate of drug-likeness (QED) is 0.413. The molecule has 1 heterocycles. The first-order valence-electron chi connectivity index (χ1n) is 10.6.